The van der Waals surface area contributed by atoms with Crippen molar-refractivity contribution in [2.45, 2.75) is 37.8 Å². The Balaban J connectivity index is 1.39. The molecule has 9 nitrogen and oxygen atoms in total. The van der Waals surface area contributed by atoms with E-state index in [1.807, 2.05) is 34.0 Å². The number of carbonyl (C=O) groups is 1. The van der Waals surface area contributed by atoms with Crippen LogP contribution in [0.1, 0.15) is 59.8 Å². The highest BCUT2D eigenvalue weighted by atomic mass is 16.3. The predicted octanol–water partition coefficient (Wildman–Crippen LogP) is 0.906. The molecule has 9 heteroatoms. The lowest BCUT2D eigenvalue weighted by Crippen LogP contribution is -3.15. The van der Waals surface area contributed by atoms with Crippen LogP contribution in [0.15, 0.2) is 47.2 Å². The van der Waals surface area contributed by atoms with Gasteiger partial charge in [0.2, 0.25) is 5.82 Å². The minimum Gasteiger partial charge on any atom is -0.459 e. The minimum atomic E-state index is -0.0531. The fourth-order valence-electron chi connectivity index (χ4n) is 4.71. The van der Waals surface area contributed by atoms with Gasteiger partial charge in [0.15, 0.2) is 11.8 Å². The molecule has 5 rings (SSSR count). The fourth-order valence-corrected chi connectivity index (χ4v) is 4.71. The van der Waals surface area contributed by atoms with Crippen molar-refractivity contribution in [1.29, 1.82) is 0 Å². The molecule has 2 aliphatic rings. The Hall–Kier alpha value is -3.07. The van der Waals surface area contributed by atoms with E-state index in [0.717, 1.165) is 37.4 Å². The van der Waals surface area contributed by atoms with E-state index in [-0.39, 0.29) is 11.9 Å². The number of pyridine rings is 1. The Bertz CT molecular complexity index is 958. The number of quaternary nitrogens is 1. The first-order valence-corrected chi connectivity index (χ1v) is 10.7. The second-order valence-electron chi connectivity index (χ2n) is 8.04. The maximum atomic E-state index is 12.6. The second kappa shape index (κ2) is 8.35. The minimum absolute atomic E-state index is 0.0516. The van der Waals surface area contributed by atoms with Gasteiger partial charge >= 0.3 is 0 Å². The van der Waals surface area contributed by atoms with Gasteiger partial charge in [-0.1, -0.05) is 18.9 Å². The van der Waals surface area contributed by atoms with Crippen molar-refractivity contribution in [2.24, 2.45) is 0 Å². The smallest absolute Gasteiger partial charge is 0.289 e. The monoisotopic (exact) mass is 408 g/mol. The van der Waals surface area contributed by atoms with Gasteiger partial charge in [0, 0.05) is 6.20 Å². The van der Waals surface area contributed by atoms with Crippen LogP contribution in [0, 0.1) is 0 Å². The summed E-state index contributed by atoms with van der Waals surface area (Å²) in [6.45, 7) is 2.91. The van der Waals surface area contributed by atoms with E-state index in [0.29, 0.717) is 24.9 Å². The highest BCUT2D eigenvalue weighted by molar-refractivity contribution is 5.91. The molecule has 156 valence electrons. The molecule has 0 unspecified atom stereocenters. The lowest BCUT2D eigenvalue weighted by atomic mass is 10.1. The number of hydrogen-bond donors (Lipinski definition) is 1. The molecule has 1 aliphatic heterocycles. The summed E-state index contributed by atoms with van der Waals surface area (Å²) in [5.74, 6) is 1.22. The van der Waals surface area contributed by atoms with E-state index in [9.17, 15) is 4.79 Å². The van der Waals surface area contributed by atoms with Gasteiger partial charge in [0.1, 0.15) is 5.69 Å². The molecule has 0 spiro atoms. The molecule has 2 fully saturated rings. The molecule has 1 saturated heterocycles. The number of rotatable bonds is 5. The molecule has 0 bridgehead atoms. The van der Waals surface area contributed by atoms with E-state index in [1.165, 1.54) is 24.0 Å². The van der Waals surface area contributed by atoms with Gasteiger partial charge in [-0.25, -0.2) is 4.68 Å². The Morgan fingerprint density at radius 1 is 1.13 bits per heavy atom. The van der Waals surface area contributed by atoms with Crippen LogP contribution in [-0.2, 0) is 0 Å². The quantitative estimate of drug-likeness (QED) is 0.674. The van der Waals surface area contributed by atoms with Crippen LogP contribution in [0.2, 0.25) is 0 Å². The van der Waals surface area contributed by atoms with Crippen molar-refractivity contribution >= 4 is 5.91 Å². The summed E-state index contributed by atoms with van der Waals surface area (Å²) in [6, 6.07) is 9.75. The van der Waals surface area contributed by atoms with Gasteiger partial charge in [-0.05, 0) is 47.5 Å². The van der Waals surface area contributed by atoms with Crippen molar-refractivity contribution in [2.75, 3.05) is 26.2 Å². The van der Waals surface area contributed by atoms with Crippen molar-refractivity contribution < 1.29 is 14.1 Å². The first-order chi connectivity index (χ1) is 14.8. The van der Waals surface area contributed by atoms with Gasteiger partial charge in [-0.15, -0.1) is 5.10 Å². The van der Waals surface area contributed by atoms with Gasteiger partial charge in [-0.2, -0.15) is 0 Å². The summed E-state index contributed by atoms with van der Waals surface area (Å²) >= 11 is 0. The average Bonchev–Trinajstić information content (AvgIpc) is 3.57. The normalized spacial score (nSPS) is 19.3. The zero-order valence-corrected chi connectivity index (χ0v) is 16.9. The van der Waals surface area contributed by atoms with E-state index in [4.69, 9.17) is 4.42 Å². The van der Waals surface area contributed by atoms with Crippen LogP contribution in [0.5, 0.6) is 0 Å². The fraction of sp³-hybridized carbons (Fsp3) is 0.476. The molecule has 1 N–H and O–H groups in total. The van der Waals surface area contributed by atoms with Crippen LogP contribution in [0.4, 0.5) is 0 Å². The summed E-state index contributed by atoms with van der Waals surface area (Å²) in [6.07, 6.45) is 8.04. The molecule has 0 aromatic carbocycles. The Morgan fingerprint density at radius 2 is 1.97 bits per heavy atom. The molecule has 30 heavy (non-hydrogen) atoms. The SMILES string of the molecule is O=C(c1ccco1)N1CC[NH+]([C@@H](c2ccccn2)c2nnnn2C2CCCC2)CC1. The largest absolute Gasteiger partial charge is 0.459 e. The molecule has 1 saturated carbocycles. The highest BCUT2D eigenvalue weighted by Gasteiger charge is 2.37. The summed E-state index contributed by atoms with van der Waals surface area (Å²) < 4.78 is 7.31. The van der Waals surface area contributed by atoms with Gasteiger partial charge in [0.25, 0.3) is 5.91 Å². The maximum absolute atomic E-state index is 12.6. The zero-order chi connectivity index (χ0) is 20.3. The lowest BCUT2D eigenvalue weighted by Gasteiger charge is -2.35. The number of furan rings is 1. The number of nitrogens with zero attached hydrogens (tertiary/aromatic N) is 6. The molecule has 3 aromatic heterocycles. The third-order valence-electron chi connectivity index (χ3n) is 6.26. The van der Waals surface area contributed by atoms with Crippen LogP contribution < -0.4 is 4.90 Å². The van der Waals surface area contributed by atoms with Gasteiger partial charge in [-0.3, -0.25) is 9.78 Å². The van der Waals surface area contributed by atoms with E-state index in [2.05, 4.69) is 20.5 Å². The number of tetrazole rings is 1. The van der Waals surface area contributed by atoms with Crippen LogP contribution in [0.25, 0.3) is 0 Å². The van der Waals surface area contributed by atoms with Gasteiger partial charge < -0.3 is 14.2 Å². The third kappa shape index (κ3) is 3.60. The van der Waals surface area contributed by atoms with Crippen molar-refractivity contribution in [3.8, 4) is 0 Å². The molecule has 1 amide bonds. The lowest BCUT2D eigenvalue weighted by molar-refractivity contribution is -0.930. The van der Waals surface area contributed by atoms with E-state index < -0.39 is 0 Å². The Kier molecular flexibility index (Phi) is 5.27. The number of nitrogens with one attached hydrogen (secondary N) is 1. The molecule has 0 radical (unpaired) electrons. The number of piperazine rings is 1. The van der Waals surface area contributed by atoms with E-state index >= 15 is 0 Å². The molecular weight excluding hydrogens is 382 g/mol. The predicted molar refractivity (Wildman–Crippen MR) is 107 cm³/mol. The first-order valence-electron chi connectivity index (χ1n) is 10.7. The van der Waals surface area contributed by atoms with Crippen molar-refractivity contribution in [3.05, 3.63) is 60.1 Å². The molecular formula is C21H26N7O2+. The average molecular weight is 408 g/mol. The first kappa shape index (κ1) is 18.9. The summed E-state index contributed by atoms with van der Waals surface area (Å²) in [7, 11) is 0. The molecule has 3 aromatic rings. The standard InChI is InChI=1S/C21H25N7O2/c29-21(18-9-5-15-30-18)27-13-11-26(12-14-27)19(17-8-3-4-10-22-17)20-23-24-25-28(20)16-6-1-2-7-16/h3-5,8-10,15-16,19H,1-2,6-7,11-14H2/p+1/t19-/m0/s1. The summed E-state index contributed by atoms with van der Waals surface area (Å²) in [5.41, 5.74) is 0.965. The zero-order valence-electron chi connectivity index (χ0n) is 16.9. The Morgan fingerprint density at radius 3 is 2.67 bits per heavy atom. The van der Waals surface area contributed by atoms with Crippen LogP contribution in [0.3, 0.4) is 0 Å². The van der Waals surface area contributed by atoms with E-state index in [1.54, 1.807) is 12.1 Å². The topological polar surface area (TPSA) is 94.4 Å². The molecule has 1 atom stereocenters. The van der Waals surface area contributed by atoms with Gasteiger partial charge in [0.05, 0.1) is 38.5 Å². The third-order valence-corrected chi connectivity index (χ3v) is 6.26. The van der Waals surface area contributed by atoms with Crippen LogP contribution in [-0.4, -0.2) is 62.2 Å². The number of aromatic nitrogens is 5. The maximum Gasteiger partial charge on any atom is 0.289 e. The van der Waals surface area contributed by atoms with Crippen molar-refractivity contribution in [1.82, 2.24) is 30.1 Å². The summed E-state index contributed by atoms with van der Waals surface area (Å²) in [5, 5.41) is 12.8. The second-order valence-corrected chi connectivity index (χ2v) is 8.04. The van der Waals surface area contributed by atoms with Crippen molar-refractivity contribution in [3.63, 3.8) is 0 Å². The Labute approximate surface area is 174 Å². The van der Waals surface area contributed by atoms with Crippen LogP contribution >= 0.6 is 0 Å². The summed E-state index contributed by atoms with van der Waals surface area (Å²) in [4.78, 5) is 20.5. The number of hydrogen-bond acceptors (Lipinski definition) is 6. The molecule has 1 aliphatic carbocycles. The molecule has 4 heterocycles. The number of carbonyl (C=O) groups excluding carboxylic acids is 1. The highest BCUT2D eigenvalue weighted by Crippen LogP contribution is 2.30. The number of amides is 1.